The first-order chi connectivity index (χ1) is 9.83. The Bertz CT molecular complexity index is 390. The number of hydrogen-bond acceptors (Lipinski definition) is 4. The van der Waals surface area contributed by atoms with Crippen LogP contribution in [0, 0.1) is 0 Å². The Morgan fingerprint density at radius 2 is 2.00 bits per heavy atom. The average Bonchev–Trinajstić information content (AvgIpc) is 2.50. The molecule has 1 aromatic carbocycles. The Hall–Kier alpha value is -1.26. The van der Waals surface area contributed by atoms with Crippen LogP contribution in [0.3, 0.4) is 0 Å². The summed E-state index contributed by atoms with van der Waals surface area (Å²) in [4.78, 5) is 2.50. The second kappa shape index (κ2) is 8.12. The molecule has 1 fully saturated rings. The van der Waals surface area contributed by atoms with Crippen LogP contribution in [0.2, 0.25) is 0 Å². The van der Waals surface area contributed by atoms with E-state index in [-0.39, 0.29) is 0 Å². The number of likely N-dealkylation sites (tertiary alicyclic amines) is 1. The minimum Gasteiger partial charge on any atom is -0.495 e. The Balaban J connectivity index is 1.76. The van der Waals surface area contributed by atoms with E-state index >= 15 is 0 Å². The molecule has 2 N–H and O–H groups in total. The normalized spacial score (nSPS) is 17.1. The molecular weight excluding hydrogens is 252 g/mol. The van der Waals surface area contributed by atoms with Gasteiger partial charge in [-0.1, -0.05) is 12.1 Å². The Morgan fingerprint density at radius 3 is 2.70 bits per heavy atom. The summed E-state index contributed by atoms with van der Waals surface area (Å²) in [5.41, 5.74) is 1.09. The molecule has 0 bridgehead atoms. The highest BCUT2D eigenvalue weighted by Gasteiger charge is 2.19. The van der Waals surface area contributed by atoms with E-state index in [0.29, 0.717) is 12.6 Å². The first kappa shape index (κ1) is 15.1. The van der Waals surface area contributed by atoms with Crippen molar-refractivity contribution in [3.05, 3.63) is 24.3 Å². The van der Waals surface area contributed by atoms with Gasteiger partial charge in [0.15, 0.2) is 0 Å². The van der Waals surface area contributed by atoms with Crippen LogP contribution < -0.4 is 10.1 Å². The number of aliphatic hydroxyl groups is 1. The molecule has 2 rings (SSSR count). The SMILES string of the molecule is COc1ccccc1NC1CCN(CCCCO)CC1. The third-order valence-electron chi connectivity index (χ3n) is 3.94. The lowest BCUT2D eigenvalue weighted by Gasteiger charge is -2.33. The molecule has 1 aliphatic rings. The number of benzene rings is 1. The quantitative estimate of drug-likeness (QED) is 0.752. The minimum absolute atomic E-state index is 0.311. The summed E-state index contributed by atoms with van der Waals surface area (Å²) < 4.78 is 5.38. The number of rotatable bonds is 7. The molecule has 0 aliphatic carbocycles. The van der Waals surface area contributed by atoms with Gasteiger partial charge in [0.05, 0.1) is 12.8 Å². The van der Waals surface area contributed by atoms with Gasteiger partial charge in [-0.2, -0.15) is 0 Å². The second-order valence-electron chi connectivity index (χ2n) is 5.39. The van der Waals surface area contributed by atoms with E-state index in [1.165, 1.54) is 0 Å². The molecule has 112 valence electrons. The summed E-state index contributed by atoms with van der Waals surface area (Å²) in [5, 5.41) is 12.4. The molecule has 0 saturated carbocycles. The summed E-state index contributed by atoms with van der Waals surface area (Å²) >= 11 is 0. The van der Waals surface area contributed by atoms with Gasteiger partial charge in [-0.3, -0.25) is 0 Å². The topological polar surface area (TPSA) is 44.7 Å². The van der Waals surface area contributed by atoms with Crippen molar-refractivity contribution in [3.63, 3.8) is 0 Å². The maximum absolute atomic E-state index is 8.81. The Labute approximate surface area is 121 Å². The van der Waals surface area contributed by atoms with Crippen LogP contribution in [0.1, 0.15) is 25.7 Å². The molecule has 4 nitrogen and oxygen atoms in total. The summed E-state index contributed by atoms with van der Waals surface area (Å²) in [5.74, 6) is 0.915. The van der Waals surface area contributed by atoms with Gasteiger partial charge >= 0.3 is 0 Å². The van der Waals surface area contributed by atoms with Crippen molar-refractivity contribution in [3.8, 4) is 5.75 Å². The van der Waals surface area contributed by atoms with Gasteiger partial charge in [-0.05, 0) is 44.4 Å². The Morgan fingerprint density at radius 1 is 1.25 bits per heavy atom. The van der Waals surface area contributed by atoms with E-state index in [1.54, 1.807) is 7.11 Å². The molecule has 1 aliphatic heterocycles. The highest BCUT2D eigenvalue weighted by Crippen LogP contribution is 2.26. The van der Waals surface area contributed by atoms with Gasteiger partial charge < -0.3 is 20.1 Å². The number of nitrogens with one attached hydrogen (secondary N) is 1. The molecule has 0 radical (unpaired) electrons. The minimum atomic E-state index is 0.311. The lowest BCUT2D eigenvalue weighted by atomic mass is 10.0. The van der Waals surface area contributed by atoms with Gasteiger partial charge in [0, 0.05) is 25.7 Å². The predicted molar refractivity (Wildman–Crippen MR) is 82.4 cm³/mol. The summed E-state index contributed by atoms with van der Waals surface area (Å²) in [6, 6.07) is 8.63. The van der Waals surface area contributed by atoms with Crippen LogP contribution in [0.15, 0.2) is 24.3 Å². The fourth-order valence-corrected chi connectivity index (χ4v) is 2.73. The monoisotopic (exact) mass is 278 g/mol. The molecule has 20 heavy (non-hydrogen) atoms. The van der Waals surface area contributed by atoms with Crippen molar-refractivity contribution in [1.82, 2.24) is 4.90 Å². The number of ether oxygens (including phenoxy) is 1. The molecule has 4 heteroatoms. The third kappa shape index (κ3) is 4.39. The lowest BCUT2D eigenvalue weighted by molar-refractivity contribution is 0.205. The van der Waals surface area contributed by atoms with Gasteiger partial charge in [0.25, 0.3) is 0 Å². The maximum Gasteiger partial charge on any atom is 0.141 e. The number of hydrogen-bond donors (Lipinski definition) is 2. The zero-order valence-corrected chi connectivity index (χ0v) is 12.3. The predicted octanol–water partition coefficient (Wildman–Crippen LogP) is 2.34. The molecule has 0 aromatic heterocycles. The van der Waals surface area contributed by atoms with E-state index in [4.69, 9.17) is 9.84 Å². The first-order valence-electron chi connectivity index (χ1n) is 7.56. The van der Waals surface area contributed by atoms with Crippen LogP contribution in [0.25, 0.3) is 0 Å². The molecular formula is C16H26N2O2. The molecule has 0 unspecified atom stereocenters. The van der Waals surface area contributed by atoms with Crippen LogP contribution in [-0.4, -0.2) is 49.4 Å². The number of unbranched alkanes of at least 4 members (excludes halogenated alkanes) is 1. The van der Waals surface area contributed by atoms with Crippen molar-refractivity contribution in [1.29, 1.82) is 0 Å². The molecule has 0 atom stereocenters. The number of para-hydroxylation sites is 2. The number of anilines is 1. The van der Waals surface area contributed by atoms with Crippen molar-refractivity contribution in [2.45, 2.75) is 31.7 Å². The first-order valence-corrected chi connectivity index (χ1v) is 7.56. The molecule has 1 heterocycles. The van der Waals surface area contributed by atoms with Crippen molar-refractivity contribution in [2.75, 3.05) is 38.7 Å². The van der Waals surface area contributed by atoms with Crippen LogP contribution in [0.5, 0.6) is 5.75 Å². The maximum atomic E-state index is 8.81. The lowest BCUT2D eigenvalue weighted by Crippen LogP contribution is -2.39. The molecule has 1 aromatic rings. The van der Waals surface area contributed by atoms with Crippen LogP contribution in [-0.2, 0) is 0 Å². The van der Waals surface area contributed by atoms with Gasteiger partial charge in [0.1, 0.15) is 5.75 Å². The highest BCUT2D eigenvalue weighted by molar-refractivity contribution is 5.56. The molecule has 0 spiro atoms. The second-order valence-corrected chi connectivity index (χ2v) is 5.39. The standard InChI is InChI=1S/C16H26N2O2/c1-20-16-7-3-2-6-15(16)17-14-8-11-18(12-9-14)10-4-5-13-19/h2-3,6-7,14,17,19H,4-5,8-13H2,1H3. The molecule has 0 amide bonds. The zero-order chi connectivity index (χ0) is 14.2. The van der Waals surface area contributed by atoms with Gasteiger partial charge in [0.2, 0.25) is 0 Å². The van der Waals surface area contributed by atoms with E-state index < -0.39 is 0 Å². The van der Waals surface area contributed by atoms with Crippen molar-refractivity contribution in [2.24, 2.45) is 0 Å². The zero-order valence-electron chi connectivity index (χ0n) is 12.3. The van der Waals surface area contributed by atoms with Crippen molar-refractivity contribution < 1.29 is 9.84 Å². The smallest absolute Gasteiger partial charge is 0.141 e. The summed E-state index contributed by atoms with van der Waals surface area (Å²) in [7, 11) is 1.71. The van der Waals surface area contributed by atoms with Crippen molar-refractivity contribution >= 4 is 5.69 Å². The fourth-order valence-electron chi connectivity index (χ4n) is 2.73. The van der Waals surface area contributed by atoms with E-state index in [2.05, 4.69) is 16.3 Å². The fraction of sp³-hybridized carbons (Fsp3) is 0.625. The largest absolute Gasteiger partial charge is 0.495 e. The number of piperidine rings is 1. The van der Waals surface area contributed by atoms with E-state index in [0.717, 1.165) is 56.8 Å². The van der Waals surface area contributed by atoms with Crippen LogP contribution in [0.4, 0.5) is 5.69 Å². The molecule has 1 saturated heterocycles. The Kier molecular flexibility index (Phi) is 6.15. The average molecular weight is 278 g/mol. The van der Waals surface area contributed by atoms with Gasteiger partial charge in [-0.15, -0.1) is 0 Å². The number of nitrogens with zero attached hydrogens (tertiary/aromatic N) is 1. The third-order valence-corrected chi connectivity index (χ3v) is 3.94. The highest BCUT2D eigenvalue weighted by atomic mass is 16.5. The summed E-state index contributed by atoms with van der Waals surface area (Å²) in [6.07, 6.45) is 4.34. The number of methoxy groups -OCH3 is 1. The van der Waals surface area contributed by atoms with Crippen LogP contribution >= 0.6 is 0 Å². The van der Waals surface area contributed by atoms with E-state index in [1.807, 2.05) is 18.2 Å². The van der Waals surface area contributed by atoms with Gasteiger partial charge in [-0.25, -0.2) is 0 Å². The van der Waals surface area contributed by atoms with E-state index in [9.17, 15) is 0 Å². The number of aliphatic hydroxyl groups excluding tert-OH is 1. The summed E-state index contributed by atoms with van der Waals surface area (Å²) in [6.45, 7) is 3.70.